The van der Waals surface area contributed by atoms with Gasteiger partial charge in [0, 0.05) is 19.3 Å². The Kier molecular flexibility index (Phi) is 3.82. The molecule has 4 heteroatoms. The Labute approximate surface area is 118 Å². The molecule has 0 aliphatic carbocycles. The van der Waals surface area contributed by atoms with Crippen molar-refractivity contribution < 1.29 is 0 Å². The SMILES string of the molecule is Cc1ccc(NCc2cc(C#N)n(C)c2C)c(Cl)c1. The van der Waals surface area contributed by atoms with E-state index in [1.165, 1.54) is 0 Å². The molecule has 0 aliphatic rings. The van der Waals surface area contributed by atoms with Crippen LogP contribution in [0.15, 0.2) is 24.3 Å². The van der Waals surface area contributed by atoms with Crippen molar-refractivity contribution in [2.75, 3.05) is 5.32 Å². The second kappa shape index (κ2) is 5.38. The molecule has 0 fully saturated rings. The Balaban J connectivity index is 2.17. The standard InChI is InChI=1S/C15H16ClN3/c1-10-4-5-15(14(16)6-10)18-9-12-7-13(8-17)19(3)11(12)2/h4-7,18H,9H2,1-3H3. The first-order valence-corrected chi connectivity index (χ1v) is 6.46. The van der Waals surface area contributed by atoms with Gasteiger partial charge in [0.2, 0.25) is 0 Å². The van der Waals surface area contributed by atoms with E-state index in [9.17, 15) is 0 Å². The van der Waals surface area contributed by atoms with Crippen LogP contribution in [0.1, 0.15) is 22.5 Å². The molecule has 0 unspecified atom stereocenters. The Morgan fingerprint density at radius 2 is 2.05 bits per heavy atom. The van der Waals surface area contributed by atoms with Crippen molar-refractivity contribution >= 4 is 17.3 Å². The lowest BCUT2D eigenvalue weighted by Gasteiger charge is -2.09. The van der Waals surface area contributed by atoms with Crippen LogP contribution in [0.3, 0.4) is 0 Å². The summed E-state index contributed by atoms with van der Waals surface area (Å²) >= 11 is 6.18. The number of rotatable bonds is 3. The fraction of sp³-hybridized carbons (Fsp3) is 0.267. The largest absolute Gasteiger partial charge is 0.380 e. The highest BCUT2D eigenvalue weighted by Gasteiger charge is 2.09. The first-order valence-electron chi connectivity index (χ1n) is 6.08. The van der Waals surface area contributed by atoms with E-state index in [4.69, 9.17) is 16.9 Å². The number of nitrogens with zero attached hydrogens (tertiary/aromatic N) is 2. The summed E-state index contributed by atoms with van der Waals surface area (Å²) in [6.07, 6.45) is 0. The van der Waals surface area contributed by atoms with Crippen LogP contribution in [0.5, 0.6) is 0 Å². The summed E-state index contributed by atoms with van der Waals surface area (Å²) in [6, 6.07) is 10.0. The van der Waals surface area contributed by atoms with E-state index in [-0.39, 0.29) is 0 Å². The number of hydrogen-bond donors (Lipinski definition) is 1. The summed E-state index contributed by atoms with van der Waals surface area (Å²) in [5, 5.41) is 13.0. The van der Waals surface area contributed by atoms with Gasteiger partial charge in [-0.1, -0.05) is 17.7 Å². The average Bonchev–Trinajstić information content (AvgIpc) is 2.65. The summed E-state index contributed by atoms with van der Waals surface area (Å²) in [5.74, 6) is 0. The maximum absolute atomic E-state index is 9.00. The smallest absolute Gasteiger partial charge is 0.120 e. The molecule has 0 saturated heterocycles. The van der Waals surface area contributed by atoms with Gasteiger partial charge in [-0.05, 0) is 43.2 Å². The molecular formula is C15H16ClN3. The Morgan fingerprint density at radius 1 is 1.32 bits per heavy atom. The lowest BCUT2D eigenvalue weighted by atomic mass is 10.2. The predicted molar refractivity (Wildman–Crippen MR) is 78.4 cm³/mol. The zero-order chi connectivity index (χ0) is 14.0. The van der Waals surface area contributed by atoms with Crippen molar-refractivity contribution in [2.24, 2.45) is 7.05 Å². The van der Waals surface area contributed by atoms with Crippen LogP contribution in [-0.4, -0.2) is 4.57 Å². The van der Waals surface area contributed by atoms with Crippen LogP contribution in [0.25, 0.3) is 0 Å². The van der Waals surface area contributed by atoms with Crippen LogP contribution < -0.4 is 5.32 Å². The molecular weight excluding hydrogens is 258 g/mol. The molecule has 2 rings (SSSR count). The van der Waals surface area contributed by atoms with Crippen molar-refractivity contribution in [2.45, 2.75) is 20.4 Å². The van der Waals surface area contributed by atoms with Gasteiger partial charge in [0.1, 0.15) is 11.8 Å². The average molecular weight is 274 g/mol. The first kappa shape index (κ1) is 13.5. The van der Waals surface area contributed by atoms with E-state index >= 15 is 0 Å². The first-order chi connectivity index (χ1) is 9.02. The Hall–Kier alpha value is -1.92. The Bertz CT molecular complexity index is 650. The minimum Gasteiger partial charge on any atom is -0.380 e. The van der Waals surface area contributed by atoms with Crippen LogP contribution in [0.4, 0.5) is 5.69 Å². The number of halogens is 1. The number of hydrogen-bond acceptors (Lipinski definition) is 2. The van der Waals surface area contributed by atoms with E-state index in [1.54, 1.807) is 0 Å². The molecule has 2 aromatic rings. The summed E-state index contributed by atoms with van der Waals surface area (Å²) in [6.45, 7) is 4.68. The molecule has 1 aromatic carbocycles. The summed E-state index contributed by atoms with van der Waals surface area (Å²) < 4.78 is 1.90. The van der Waals surface area contributed by atoms with Gasteiger partial charge in [0.25, 0.3) is 0 Å². The van der Waals surface area contributed by atoms with Gasteiger partial charge in [0.15, 0.2) is 0 Å². The van der Waals surface area contributed by atoms with Crippen LogP contribution >= 0.6 is 11.6 Å². The van der Waals surface area contributed by atoms with Gasteiger partial charge >= 0.3 is 0 Å². The molecule has 1 heterocycles. The molecule has 0 spiro atoms. The molecule has 0 amide bonds. The third-order valence-electron chi connectivity index (χ3n) is 3.35. The fourth-order valence-electron chi connectivity index (χ4n) is 2.00. The normalized spacial score (nSPS) is 10.3. The van der Waals surface area contributed by atoms with E-state index in [0.717, 1.165) is 22.5 Å². The molecule has 19 heavy (non-hydrogen) atoms. The maximum Gasteiger partial charge on any atom is 0.120 e. The molecule has 0 aliphatic heterocycles. The van der Waals surface area contributed by atoms with Gasteiger partial charge in [-0.3, -0.25) is 0 Å². The molecule has 3 nitrogen and oxygen atoms in total. The van der Waals surface area contributed by atoms with Crippen molar-refractivity contribution in [3.8, 4) is 6.07 Å². The molecule has 1 N–H and O–H groups in total. The number of nitriles is 1. The van der Waals surface area contributed by atoms with Gasteiger partial charge in [-0.15, -0.1) is 0 Å². The van der Waals surface area contributed by atoms with Crippen LogP contribution in [0.2, 0.25) is 5.02 Å². The lowest BCUT2D eigenvalue weighted by Crippen LogP contribution is -2.02. The highest BCUT2D eigenvalue weighted by molar-refractivity contribution is 6.33. The van der Waals surface area contributed by atoms with Crippen molar-refractivity contribution in [1.82, 2.24) is 4.57 Å². The van der Waals surface area contributed by atoms with Gasteiger partial charge in [0.05, 0.1) is 10.7 Å². The van der Waals surface area contributed by atoms with Gasteiger partial charge in [-0.25, -0.2) is 0 Å². The molecule has 98 valence electrons. The van der Waals surface area contributed by atoms with Gasteiger partial charge in [-0.2, -0.15) is 5.26 Å². The van der Waals surface area contributed by atoms with Gasteiger partial charge < -0.3 is 9.88 Å². The van der Waals surface area contributed by atoms with E-state index in [0.29, 0.717) is 17.3 Å². The second-order valence-electron chi connectivity index (χ2n) is 4.65. The summed E-state index contributed by atoms with van der Waals surface area (Å²) in [5.41, 5.74) is 4.92. The molecule has 0 saturated carbocycles. The monoisotopic (exact) mass is 273 g/mol. The number of aromatic nitrogens is 1. The molecule has 0 bridgehead atoms. The van der Waals surface area contributed by atoms with Crippen LogP contribution in [0, 0.1) is 25.2 Å². The third-order valence-corrected chi connectivity index (χ3v) is 3.66. The van der Waals surface area contributed by atoms with Crippen molar-refractivity contribution in [3.63, 3.8) is 0 Å². The Morgan fingerprint density at radius 3 is 2.63 bits per heavy atom. The molecule has 1 aromatic heterocycles. The fourth-order valence-corrected chi connectivity index (χ4v) is 2.30. The number of nitrogens with one attached hydrogen (secondary N) is 1. The second-order valence-corrected chi connectivity index (χ2v) is 5.06. The zero-order valence-electron chi connectivity index (χ0n) is 11.3. The number of benzene rings is 1. The zero-order valence-corrected chi connectivity index (χ0v) is 12.0. The predicted octanol–water partition coefficient (Wildman–Crippen LogP) is 3.78. The third kappa shape index (κ3) is 2.74. The minimum absolute atomic E-state index is 0.657. The molecule has 0 atom stereocenters. The van der Waals surface area contributed by atoms with Crippen molar-refractivity contribution in [3.05, 3.63) is 51.8 Å². The highest BCUT2D eigenvalue weighted by atomic mass is 35.5. The maximum atomic E-state index is 9.00. The van der Waals surface area contributed by atoms with Crippen molar-refractivity contribution in [1.29, 1.82) is 5.26 Å². The number of anilines is 1. The summed E-state index contributed by atoms with van der Waals surface area (Å²) in [7, 11) is 1.90. The van der Waals surface area contributed by atoms with E-state index < -0.39 is 0 Å². The molecule has 0 radical (unpaired) electrons. The number of aryl methyl sites for hydroxylation is 1. The highest BCUT2D eigenvalue weighted by Crippen LogP contribution is 2.24. The summed E-state index contributed by atoms with van der Waals surface area (Å²) in [4.78, 5) is 0. The quantitative estimate of drug-likeness (QED) is 0.925. The van der Waals surface area contributed by atoms with E-state index in [1.807, 2.05) is 49.7 Å². The topological polar surface area (TPSA) is 40.8 Å². The minimum atomic E-state index is 0.657. The van der Waals surface area contributed by atoms with Crippen LogP contribution in [-0.2, 0) is 13.6 Å². The lowest BCUT2D eigenvalue weighted by molar-refractivity contribution is 0.856. The van der Waals surface area contributed by atoms with E-state index in [2.05, 4.69) is 11.4 Å².